The number of rotatable bonds is 22. The zero-order chi connectivity index (χ0) is 34.6. The Morgan fingerprint density at radius 1 is 0.854 bits per heavy atom. The van der Waals surface area contributed by atoms with Crippen molar-refractivity contribution in [1.29, 1.82) is 0 Å². The first kappa shape index (κ1) is 37.7. The van der Waals surface area contributed by atoms with Gasteiger partial charge in [0.05, 0.1) is 31.7 Å². The Morgan fingerprint density at radius 3 is 2.33 bits per heavy atom. The molecular weight excluding hydrogens is 610 g/mol. The maximum atomic E-state index is 13.6. The average Bonchev–Trinajstić information content (AvgIpc) is 3.09. The molecule has 0 saturated carbocycles. The standard InChI is InChI=1S/C38H47N3O7/c1-3-5-7-17-32(24-28-13-8-6-9-14-28)38(46)48-27-34(37(45)40-33-19-18-29-15-10-11-16-30(29)25-33)41-36(44)31(12-4-2)26-35(43)39-20-22-47-23-21-42/h3-4,6,8-11,13-16,18-19,25,31-32,34,42H,1-2,5,7,12,17,20-24,26-27H2,(H,39,43)(H,40,45)(H,41,44)/t31-,32+,34-/m0/s1. The van der Waals surface area contributed by atoms with Gasteiger partial charge in [0.2, 0.25) is 11.8 Å². The number of allylic oxidation sites excluding steroid dienone is 2. The number of carbonyl (C=O) groups is 4. The average molecular weight is 658 g/mol. The first-order valence-corrected chi connectivity index (χ1v) is 16.3. The van der Waals surface area contributed by atoms with Crippen LogP contribution in [0.2, 0.25) is 0 Å². The fraction of sp³-hybridized carbons (Fsp3) is 0.368. The van der Waals surface area contributed by atoms with Crippen LogP contribution in [0.5, 0.6) is 0 Å². The van der Waals surface area contributed by atoms with Crippen LogP contribution < -0.4 is 16.0 Å². The summed E-state index contributed by atoms with van der Waals surface area (Å²) in [5, 5.41) is 19.0. The van der Waals surface area contributed by atoms with Crippen molar-refractivity contribution in [3.63, 3.8) is 0 Å². The first-order chi connectivity index (χ1) is 23.3. The van der Waals surface area contributed by atoms with Crippen molar-refractivity contribution in [1.82, 2.24) is 10.6 Å². The second-order valence-electron chi connectivity index (χ2n) is 11.5. The third kappa shape index (κ3) is 13.1. The predicted molar refractivity (Wildman–Crippen MR) is 187 cm³/mol. The Bertz CT molecular complexity index is 1490. The number of ether oxygens (including phenoxy) is 2. The van der Waals surface area contributed by atoms with Crippen LogP contribution in [0.4, 0.5) is 5.69 Å². The molecule has 0 aliphatic heterocycles. The Labute approximate surface area is 282 Å². The van der Waals surface area contributed by atoms with Crippen LogP contribution in [0.25, 0.3) is 10.8 Å². The molecule has 0 aliphatic rings. The highest BCUT2D eigenvalue weighted by atomic mass is 16.5. The van der Waals surface area contributed by atoms with Gasteiger partial charge in [0.25, 0.3) is 5.91 Å². The summed E-state index contributed by atoms with van der Waals surface area (Å²) >= 11 is 0. The molecule has 0 saturated heterocycles. The molecule has 0 unspecified atom stereocenters. The Hall–Kier alpha value is -4.80. The van der Waals surface area contributed by atoms with Crippen LogP contribution >= 0.6 is 0 Å². The molecule has 0 bridgehead atoms. The summed E-state index contributed by atoms with van der Waals surface area (Å²) in [5.41, 5.74) is 1.50. The highest BCUT2D eigenvalue weighted by molar-refractivity contribution is 5.99. The number of aliphatic hydroxyl groups is 1. The summed E-state index contributed by atoms with van der Waals surface area (Å²) in [6.45, 7) is 7.55. The lowest BCUT2D eigenvalue weighted by atomic mass is 9.94. The molecule has 48 heavy (non-hydrogen) atoms. The van der Waals surface area contributed by atoms with E-state index in [9.17, 15) is 19.2 Å². The molecule has 256 valence electrons. The normalized spacial score (nSPS) is 12.7. The lowest BCUT2D eigenvalue weighted by Crippen LogP contribution is -2.49. The van der Waals surface area contributed by atoms with Gasteiger partial charge in [-0.15, -0.1) is 13.2 Å². The van der Waals surface area contributed by atoms with Gasteiger partial charge >= 0.3 is 5.97 Å². The fourth-order valence-electron chi connectivity index (χ4n) is 5.17. The molecule has 0 spiro atoms. The number of esters is 1. The summed E-state index contributed by atoms with van der Waals surface area (Å²) < 4.78 is 10.9. The van der Waals surface area contributed by atoms with Gasteiger partial charge in [0.15, 0.2) is 0 Å². The molecule has 0 radical (unpaired) electrons. The molecule has 3 amide bonds. The summed E-state index contributed by atoms with van der Waals surface area (Å²) in [7, 11) is 0. The van der Waals surface area contributed by atoms with E-state index in [1.54, 1.807) is 12.1 Å². The lowest BCUT2D eigenvalue weighted by molar-refractivity contribution is -0.151. The van der Waals surface area contributed by atoms with Gasteiger partial charge in [-0.1, -0.05) is 72.8 Å². The number of hydrogen-bond acceptors (Lipinski definition) is 7. The number of hydrogen-bond donors (Lipinski definition) is 4. The largest absolute Gasteiger partial charge is 0.463 e. The van der Waals surface area contributed by atoms with Gasteiger partial charge in [-0.25, -0.2) is 0 Å². The van der Waals surface area contributed by atoms with Crippen LogP contribution in [-0.2, 0) is 35.1 Å². The van der Waals surface area contributed by atoms with E-state index in [0.717, 1.165) is 29.2 Å². The number of aliphatic hydroxyl groups excluding tert-OH is 1. The van der Waals surface area contributed by atoms with Crippen molar-refractivity contribution in [2.24, 2.45) is 11.8 Å². The highest BCUT2D eigenvalue weighted by Gasteiger charge is 2.29. The number of nitrogens with one attached hydrogen (secondary N) is 3. The van der Waals surface area contributed by atoms with Crippen LogP contribution in [0.3, 0.4) is 0 Å². The topological polar surface area (TPSA) is 143 Å². The first-order valence-electron chi connectivity index (χ1n) is 16.3. The number of fused-ring (bicyclic) bond motifs is 1. The van der Waals surface area contributed by atoms with Crippen molar-refractivity contribution in [3.05, 3.63) is 104 Å². The van der Waals surface area contributed by atoms with Gasteiger partial charge in [-0.05, 0) is 60.6 Å². The van der Waals surface area contributed by atoms with Crippen LogP contribution in [0.15, 0.2) is 98.1 Å². The number of carbonyl (C=O) groups excluding carboxylic acids is 4. The van der Waals surface area contributed by atoms with Gasteiger partial charge in [0, 0.05) is 18.7 Å². The molecule has 3 rings (SSSR count). The SMILES string of the molecule is C=CCCC[C@H](Cc1ccccc1)C(=O)OC[C@H](NC(=O)[C@@H](CC=C)CC(=O)NCCOCCO)C(=O)Nc1ccc2ccccc2c1. The maximum absolute atomic E-state index is 13.6. The third-order valence-electron chi connectivity index (χ3n) is 7.72. The van der Waals surface area contributed by atoms with E-state index in [2.05, 4.69) is 29.1 Å². The molecule has 10 nitrogen and oxygen atoms in total. The smallest absolute Gasteiger partial charge is 0.309 e. The summed E-state index contributed by atoms with van der Waals surface area (Å²) in [4.78, 5) is 53.2. The number of anilines is 1. The van der Waals surface area contributed by atoms with Crippen molar-refractivity contribution in [2.75, 3.05) is 38.3 Å². The number of amides is 3. The zero-order valence-corrected chi connectivity index (χ0v) is 27.4. The van der Waals surface area contributed by atoms with Crippen LogP contribution in [0, 0.1) is 11.8 Å². The van der Waals surface area contributed by atoms with E-state index in [1.807, 2.05) is 66.7 Å². The van der Waals surface area contributed by atoms with Gasteiger partial charge in [-0.3, -0.25) is 19.2 Å². The molecule has 10 heteroatoms. The van der Waals surface area contributed by atoms with Crippen molar-refractivity contribution in [3.8, 4) is 0 Å². The molecule has 0 aromatic heterocycles. The second kappa shape index (κ2) is 21.1. The summed E-state index contributed by atoms with van der Waals surface area (Å²) in [6, 6.07) is 21.6. The minimum absolute atomic E-state index is 0.122. The molecule has 3 aromatic carbocycles. The van der Waals surface area contributed by atoms with Gasteiger partial charge in [-0.2, -0.15) is 0 Å². The molecule has 4 N–H and O–H groups in total. The number of benzene rings is 3. The zero-order valence-electron chi connectivity index (χ0n) is 27.4. The molecule has 0 aliphatic carbocycles. The number of unbranched alkanes of at least 4 members (excludes halogenated alkanes) is 1. The van der Waals surface area contributed by atoms with E-state index < -0.39 is 42.3 Å². The van der Waals surface area contributed by atoms with Crippen molar-refractivity contribution < 1.29 is 33.8 Å². The van der Waals surface area contributed by atoms with Gasteiger partial charge < -0.3 is 30.5 Å². The minimum Gasteiger partial charge on any atom is -0.463 e. The monoisotopic (exact) mass is 657 g/mol. The Morgan fingerprint density at radius 2 is 1.60 bits per heavy atom. The van der Waals surface area contributed by atoms with E-state index in [4.69, 9.17) is 14.6 Å². The molecule has 0 fully saturated rings. The van der Waals surface area contributed by atoms with Crippen LogP contribution in [-0.4, -0.2) is 67.8 Å². The van der Waals surface area contributed by atoms with Crippen LogP contribution in [0.1, 0.15) is 37.7 Å². The molecule has 3 atom stereocenters. The van der Waals surface area contributed by atoms with E-state index in [0.29, 0.717) is 18.5 Å². The van der Waals surface area contributed by atoms with Crippen molar-refractivity contribution in [2.45, 2.75) is 44.6 Å². The van der Waals surface area contributed by atoms with E-state index >= 15 is 0 Å². The second-order valence-corrected chi connectivity index (χ2v) is 11.5. The van der Waals surface area contributed by atoms with Gasteiger partial charge in [0.1, 0.15) is 12.6 Å². The third-order valence-corrected chi connectivity index (χ3v) is 7.72. The Kier molecular flexibility index (Phi) is 16.6. The highest BCUT2D eigenvalue weighted by Crippen LogP contribution is 2.20. The minimum atomic E-state index is -1.24. The maximum Gasteiger partial charge on any atom is 0.309 e. The quantitative estimate of drug-likeness (QED) is 0.0695. The molecule has 3 aromatic rings. The molecular formula is C38H47N3O7. The summed E-state index contributed by atoms with van der Waals surface area (Å²) in [6.07, 6.45) is 5.90. The lowest BCUT2D eigenvalue weighted by Gasteiger charge is -2.23. The Balaban J connectivity index is 1.75. The van der Waals surface area contributed by atoms with E-state index in [-0.39, 0.29) is 45.1 Å². The predicted octanol–water partition coefficient (Wildman–Crippen LogP) is 4.73. The fourth-order valence-corrected chi connectivity index (χ4v) is 5.17. The van der Waals surface area contributed by atoms with E-state index in [1.165, 1.54) is 6.08 Å². The summed E-state index contributed by atoms with van der Waals surface area (Å²) in [5.74, 6) is -3.24. The van der Waals surface area contributed by atoms with Crippen molar-refractivity contribution >= 4 is 40.2 Å². The molecule has 0 heterocycles.